The maximum Gasteiger partial charge on any atom is 0.358 e. The number of nitrogens with zero attached hydrogens (tertiary/aromatic N) is 1. The highest BCUT2D eigenvalue weighted by Gasteiger charge is 2.14. The van der Waals surface area contributed by atoms with Gasteiger partial charge in [-0.2, -0.15) is 8.42 Å². The Kier molecular flexibility index (Phi) is 5.18. The zero-order chi connectivity index (χ0) is 13.1. The predicted molar refractivity (Wildman–Crippen MR) is 67.9 cm³/mol. The van der Waals surface area contributed by atoms with Crippen molar-refractivity contribution in [2.75, 3.05) is 6.01 Å². The quantitative estimate of drug-likeness (QED) is 0.608. The molecule has 0 N–H and O–H groups in total. The van der Waals surface area contributed by atoms with Crippen molar-refractivity contribution in [2.45, 2.75) is 0 Å². The third-order valence-electron chi connectivity index (χ3n) is 1.53. The van der Waals surface area contributed by atoms with E-state index >= 15 is 0 Å². The molecule has 0 bridgehead atoms. The number of oxime groups is 1. The van der Waals surface area contributed by atoms with Gasteiger partial charge >= 0.3 is 10.1 Å². The summed E-state index contributed by atoms with van der Waals surface area (Å²) in [6.45, 7) is 0. The fourth-order valence-electron chi connectivity index (χ4n) is 0.850. The van der Waals surface area contributed by atoms with Crippen molar-refractivity contribution in [3.8, 4) is 0 Å². The molecule has 0 amide bonds. The molecular formula is C8H5BrCl2FNO3S. The van der Waals surface area contributed by atoms with Crippen molar-refractivity contribution in [3.63, 3.8) is 0 Å². The third kappa shape index (κ3) is 4.09. The highest BCUT2D eigenvalue weighted by Crippen LogP contribution is 2.27. The fourth-order valence-corrected chi connectivity index (χ4v) is 2.48. The van der Waals surface area contributed by atoms with Crippen LogP contribution in [0.3, 0.4) is 0 Å². The molecule has 94 valence electrons. The Hall–Kier alpha value is -0.370. The largest absolute Gasteiger partial charge is 0.358 e. The molecule has 0 aromatic heterocycles. The average molecular weight is 365 g/mol. The molecule has 0 fully saturated rings. The second kappa shape index (κ2) is 5.99. The Morgan fingerprint density at radius 2 is 1.94 bits per heavy atom. The first-order chi connectivity index (χ1) is 7.87. The Bertz CT molecular complexity index is 529. The molecule has 4 nitrogen and oxygen atoms in total. The van der Waals surface area contributed by atoms with Gasteiger partial charge in [0, 0.05) is 5.56 Å². The highest BCUT2D eigenvalue weighted by molar-refractivity contribution is 9.18. The number of alkyl halides is 1. The molecule has 0 aliphatic heterocycles. The van der Waals surface area contributed by atoms with Crippen molar-refractivity contribution >= 4 is 53.9 Å². The lowest BCUT2D eigenvalue weighted by molar-refractivity contribution is 0.328. The van der Waals surface area contributed by atoms with Crippen molar-refractivity contribution < 1.29 is 17.1 Å². The van der Waals surface area contributed by atoms with Gasteiger partial charge in [-0.05, 0) is 28.1 Å². The van der Waals surface area contributed by atoms with Crippen LogP contribution in [0.1, 0.15) is 5.56 Å². The van der Waals surface area contributed by atoms with E-state index in [0.717, 1.165) is 0 Å². The molecule has 0 spiro atoms. The Labute approximate surface area is 116 Å². The summed E-state index contributed by atoms with van der Waals surface area (Å²) in [4.78, 5) is 0. The van der Waals surface area contributed by atoms with Crippen LogP contribution < -0.4 is 0 Å². The molecule has 0 unspecified atom stereocenters. The lowest BCUT2D eigenvalue weighted by Crippen LogP contribution is -2.05. The summed E-state index contributed by atoms with van der Waals surface area (Å²) in [5, 5.41) is 3.68. The van der Waals surface area contributed by atoms with Crippen LogP contribution in [0.4, 0.5) is 4.39 Å². The predicted octanol–water partition coefficient (Wildman–Crippen LogP) is 3.32. The molecule has 1 rings (SSSR count). The summed E-state index contributed by atoms with van der Waals surface area (Å²) in [5.41, 5.74) is 0.255. The van der Waals surface area contributed by atoms with Gasteiger partial charge in [-0.15, -0.1) is 0 Å². The van der Waals surface area contributed by atoms with Gasteiger partial charge in [0.25, 0.3) is 0 Å². The van der Waals surface area contributed by atoms with E-state index in [1.165, 1.54) is 12.1 Å². The topological polar surface area (TPSA) is 55.7 Å². The second-order valence-corrected chi connectivity index (χ2v) is 5.77. The van der Waals surface area contributed by atoms with Crippen LogP contribution >= 0.6 is 39.1 Å². The SMILES string of the molecule is O=S(=O)(CF)ON=C(Br)c1c(Cl)cccc1Cl. The minimum atomic E-state index is -4.32. The van der Waals surface area contributed by atoms with Gasteiger partial charge in [-0.25, -0.2) is 4.39 Å². The van der Waals surface area contributed by atoms with E-state index in [0.29, 0.717) is 0 Å². The van der Waals surface area contributed by atoms with E-state index in [1.807, 2.05) is 0 Å². The minimum absolute atomic E-state index is 0.0508. The van der Waals surface area contributed by atoms with Crippen molar-refractivity contribution in [1.82, 2.24) is 0 Å². The van der Waals surface area contributed by atoms with E-state index in [9.17, 15) is 12.8 Å². The first kappa shape index (κ1) is 14.7. The van der Waals surface area contributed by atoms with Crippen LogP contribution in [0, 0.1) is 0 Å². The number of rotatable bonds is 4. The highest BCUT2D eigenvalue weighted by atomic mass is 79.9. The van der Waals surface area contributed by atoms with Gasteiger partial charge in [0.2, 0.25) is 6.01 Å². The summed E-state index contributed by atoms with van der Waals surface area (Å²) in [5.74, 6) is 0. The Morgan fingerprint density at radius 1 is 1.41 bits per heavy atom. The van der Waals surface area contributed by atoms with Crippen LogP contribution in [0.25, 0.3) is 0 Å². The molecule has 1 aromatic rings. The summed E-state index contributed by atoms with van der Waals surface area (Å²) >= 11 is 14.6. The molecule has 0 aliphatic carbocycles. The Balaban J connectivity index is 3.05. The zero-order valence-electron chi connectivity index (χ0n) is 8.03. The molecule has 0 saturated heterocycles. The van der Waals surface area contributed by atoms with Gasteiger partial charge in [0.15, 0.2) is 4.62 Å². The maximum atomic E-state index is 11.9. The smallest absolute Gasteiger partial charge is 0.265 e. The normalized spacial score (nSPS) is 12.6. The van der Waals surface area contributed by atoms with Crippen LogP contribution in [-0.4, -0.2) is 19.0 Å². The molecular weight excluding hydrogens is 360 g/mol. The van der Waals surface area contributed by atoms with E-state index < -0.39 is 16.1 Å². The molecule has 0 atom stereocenters. The van der Waals surface area contributed by atoms with Crippen molar-refractivity contribution in [3.05, 3.63) is 33.8 Å². The van der Waals surface area contributed by atoms with E-state index in [-0.39, 0.29) is 20.2 Å². The summed E-state index contributed by atoms with van der Waals surface area (Å²) in [6, 6.07) is 2.99. The standard InChI is InChI=1S/C8H5BrCl2FNO3S/c9-8(13-16-17(14,15)4-12)7-5(10)2-1-3-6(7)11/h1-3H,4H2. The van der Waals surface area contributed by atoms with Gasteiger partial charge in [0.05, 0.1) is 10.0 Å². The lowest BCUT2D eigenvalue weighted by atomic mass is 10.2. The minimum Gasteiger partial charge on any atom is -0.265 e. The molecule has 0 radical (unpaired) electrons. The lowest BCUT2D eigenvalue weighted by Gasteiger charge is -2.04. The van der Waals surface area contributed by atoms with Gasteiger partial charge in [-0.3, -0.25) is 4.28 Å². The second-order valence-electron chi connectivity index (χ2n) is 2.72. The Morgan fingerprint density at radius 3 is 2.41 bits per heavy atom. The van der Waals surface area contributed by atoms with Gasteiger partial charge < -0.3 is 0 Å². The number of hydrogen-bond donors (Lipinski definition) is 0. The number of benzene rings is 1. The monoisotopic (exact) mass is 363 g/mol. The van der Waals surface area contributed by atoms with Crippen LogP contribution in [-0.2, 0) is 14.4 Å². The van der Waals surface area contributed by atoms with Crippen molar-refractivity contribution in [1.29, 1.82) is 0 Å². The maximum absolute atomic E-state index is 11.9. The summed E-state index contributed by atoms with van der Waals surface area (Å²) in [7, 11) is -4.32. The fraction of sp³-hybridized carbons (Fsp3) is 0.125. The van der Waals surface area contributed by atoms with Crippen molar-refractivity contribution in [2.24, 2.45) is 5.16 Å². The van der Waals surface area contributed by atoms with E-state index in [4.69, 9.17) is 23.2 Å². The molecule has 1 aromatic carbocycles. The van der Waals surface area contributed by atoms with Crippen LogP contribution in [0.2, 0.25) is 10.0 Å². The van der Waals surface area contributed by atoms with Gasteiger partial charge in [-0.1, -0.05) is 34.4 Å². The zero-order valence-corrected chi connectivity index (χ0v) is 11.9. The molecule has 0 aliphatic rings. The molecule has 0 heterocycles. The van der Waals surface area contributed by atoms with Crippen LogP contribution in [0.15, 0.2) is 23.4 Å². The van der Waals surface area contributed by atoms with Gasteiger partial charge in [0.1, 0.15) is 0 Å². The third-order valence-corrected chi connectivity index (χ3v) is 3.27. The van der Waals surface area contributed by atoms with E-state index in [1.54, 1.807) is 6.07 Å². The first-order valence-electron chi connectivity index (χ1n) is 4.02. The van der Waals surface area contributed by atoms with Crippen LogP contribution in [0.5, 0.6) is 0 Å². The molecule has 0 saturated carbocycles. The van der Waals surface area contributed by atoms with E-state index in [2.05, 4.69) is 25.4 Å². The average Bonchev–Trinajstić information content (AvgIpc) is 2.26. The summed E-state index contributed by atoms with van der Waals surface area (Å²) in [6.07, 6.45) is 0. The first-order valence-corrected chi connectivity index (χ1v) is 7.15. The summed E-state index contributed by atoms with van der Waals surface area (Å²) < 4.78 is 37.3. The number of hydrogen-bond acceptors (Lipinski definition) is 4. The molecule has 9 heteroatoms. The molecule has 17 heavy (non-hydrogen) atoms. The number of halogens is 4.